The van der Waals surface area contributed by atoms with Crippen LogP contribution in [0.15, 0.2) is 42.5 Å². The van der Waals surface area contributed by atoms with Crippen LogP contribution in [0.25, 0.3) is 0 Å². The van der Waals surface area contributed by atoms with Crippen LogP contribution >= 0.6 is 0 Å². The second-order valence-corrected chi connectivity index (χ2v) is 39.8. The summed E-state index contributed by atoms with van der Waals surface area (Å²) in [6, 6.07) is -8.75. The standard InChI is InChI=1S/C99H178N30O17/c1-13-14-37-66(83(135)122-74(80(104)132)56-60(2)3)116-81(133)67(38-22-28-48-100)117-82(134)70(42-32-52-112-95(105)106)121-89(141)75(57-61(4)5)123-84(136)68(39-23-29-49-101)118-86(138)72(41-25-31-51-103)125-93(145)98(11)46-26-17-15-16-18-27-47-99(12,94(146)126-73(44-34-54-114-97(109)110)87(139)119-71(43-33-53-113-96(107)108)85(137)124-76(58-62(6)7)91(143)128-98)129-92(144)79(63(8)9)127-88(140)69(40-24-30-50-102)120-90(142)77(59-65-35-20-19-21-36-65)115-78(131)45-55-111-64(10)130/h15-16,19-21,35-36,60-63,66-77,79H,13-14,17-18,22-34,37-59,100-103H2,1-12H3,(H2,104,132)(H,111,130)(H,115,131)(H,116,133)(H,117,134)(H,118,138)(H,119,139)(H,120,142)(H,121,141)(H,122,135)(H,123,136)(H,124,137)(H,125,145)(H,126,146)(H,127,140)(H,128,143)(H,129,144)(H4,105,106,112)(H4,107,108,113)(H4,109,110,114)/b16-15-/t66-,67-,68-,69-,70-,71-,72-,73-,74-,75-,76-,77-,79-,98-,99-/m0/s1. The van der Waals surface area contributed by atoms with E-state index in [1.165, 1.54) is 20.8 Å². The highest BCUT2D eigenvalue weighted by Gasteiger charge is 2.44. The fourth-order valence-corrected chi connectivity index (χ4v) is 16.4. The van der Waals surface area contributed by atoms with Crippen molar-refractivity contribution < 1.29 is 81.5 Å². The van der Waals surface area contributed by atoms with Crippen molar-refractivity contribution in [3.63, 3.8) is 0 Å². The molecule has 2 rings (SSSR count). The van der Waals surface area contributed by atoms with Gasteiger partial charge in [-0.1, -0.05) is 118 Å². The third kappa shape index (κ3) is 53.1. The minimum Gasteiger partial charge on any atom is -0.370 e. The molecular weight excluding hydrogens is 1880 g/mol. The van der Waals surface area contributed by atoms with Crippen LogP contribution in [-0.4, -0.2) is 260 Å². The Morgan fingerprint density at radius 2 is 0.795 bits per heavy atom. The van der Waals surface area contributed by atoms with E-state index >= 15 is 38.4 Å². The molecule has 1 aromatic carbocycles. The highest BCUT2D eigenvalue weighted by Crippen LogP contribution is 2.24. The van der Waals surface area contributed by atoms with Gasteiger partial charge in [0.05, 0.1) is 0 Å². The van der Waals surface area contributed by atoms with Crippen molar-refractivity contribution in [1.29, 1.82) is 16.2 Å². The summed E-state index contributed by atoms with van der Waals surface area (Å²) >= 11 is 0. The summed E-state index contributed by atoms with van der Waals surface area (Å²) in [5, 5.41) is 76.2. The third-order valence-corrected chi connectivity index (χ3v) is 24.6. The van der Waals surface area contributed by atoms with E-state index in [9.17, 15) is 43.2 Å². The summed E-state index contributed by atoms with van der Waals surface area (Å²) in [4.78, 5) is 248. The van der Waals surface area contributed by atoms with Crippen LogP contribution < -0.4 is 147 Å². The Balaban J connectivity index is 2.92. The van der Waals surface area contributed by atoms with Gasteiger partial charge in [-0.3, -0.25) is 97.7 Å². The van der Waals surface area contributed by atoms with E-state index in [2.05, 4.69) is 101 Å². The number of hydrogen-bond acceptors (Lipinski definition) is 24. The lowest BCUT2D eigenvalue weighted by Gasteiger charge is -2.35. The number of nitrogens with one attached hydrogen (secondary N) is 22. The van der Waals surface area contributed by atoms with Crippen molar-refractivity contribution in [2.45, 2.75) is 378 Å². The number of hydrogen-bond donors (Lipinski definition) is 30. The maximum atomic E-state index is 15.7. The van der Waals surface area contributed by atoms with Crippen LogP contribution in [0.5, 0.6) is 0 Å². The molecule has 47 nitrogen and oxygen atoms in total. The summed E-state index contributed by atoms with van der Waals surface area (Å²) in [6.07, 6.45) is 8.05. The number of carbonyl (C=O) groups excluding carboxylic acids is 17. The zero-order valence-electron chi connectivity index (χ0n) is 88.2. The maximum absolute atomic E-state index is 15.7. The molecule has 1 heterocycles. The molecule has 1 aliphatic rings. The molecule has 0 saturated carbocycles. The van der Waals surface area contributed by atoms with E-state index < -0.39 is 202 Å². The van der Waals surface area contributed by atoms with E-state index in [4.69, 9.17) is 62.1 Å². The van der Waals surface area contributed by atoms with Crippen LogP contribution in [-0.2, 0) is 87.9 Å². The average Bonchev–Trinajstić information content (AvgIpc) is 0.822. The van der Waals surface area contributed by atoms with E-state index in [1.54, 1.807) is 84.0 Å². The van der Waals surface area contributed by atoms with Crippen molar-refractivity contribution >= 4 is 118 Å². The smallest absolute Gasteiger partial charge is 0.246 e. The molecule has 17 amide bonds. The Morgan fingerprint density at radius 1 is 0.411 bits per heavy atom. The second-order valence-electron chi connectivity index (χ2n) is 39.8. The zero-order chi connectivity index (χ0) is 110. The van der Waals surface area contributed by atoms with Gasteiger partial charge in [0, 0.05) is 45.9 Å². The number of primary amides is 1. The molecule has 47 heteroatoms. The fourth-order valence-electron chi connectivity index (χ4n) is 16.4. The summed E-state index contributed by atoms with van der Waals surface area (Å²) in [6.45, 7) is 21.1. The Bertz CT molecular complexity index is 4340. The molecule has 0 unspecified atom stereocenters. The molecule has 0 bridgehead atoms. The van der Waals surface area contributed by atoms with Crippen molar-refractivity contribution in [2.75, 3.05) is 52.4 Å². The molecule has 0 fully saturated rings. The number of amides is 17. The monoisotopic (exact) mass is 2060 g/mol. The lowest BCUT2D eigenvalue weighted by atomic mass is 9.90. The number of unbranched alkanes of at least 4 members (excludes halogenated alkanes) is 5. The van der Waals surface area contributed by atoms with E-state index in [1.807, 2.05) is 20.8 Å². The minimum absolute atomic E-state index is 0.00657. The number of allylic oxidation sites excluding steroid dienone is 2. The SMILES string of the molecule is CCCC[C@H](NC(=O)[C@H](CCCCN)NC(=O)[C@H](CCCNC(=N)N)NC(=O)[C@H](CC(C)C)NC(=O)[C@H](CCCCN)NC(=O)[C@H](CCCCN)NC(=O)[C@]1(C)CCC/C=C\CCC[C@](C)(NC(=O)[C@@H](NC(=O)[C@H](CCCCN)NC(=O)[C@H](Cc2ccccc2)NC(=O)CCNC(C)=O)C(C)C)C(=O)N[C@@H](CCCNC(=N)N)C(=O)N[C@@H](CCCNC(=N)N)C(=O)N[C@@H](CC(C)C)C(=O)N1)C(=O)N[C@@H](CC(C)C)C(N)=O. The minimum atomic E-state index is -1.93. The molecule has 38 N–H and O–H groups in total. The van der Waals surface area contributed by atoms with Gasteiger partial charge in [0.1, 0.15) is 89.6 Å². The Kier molecular flexibility index (Phi) is 63.2. The third-order valence-electron chi connectivity index (χ3n) is 24.6. The summed E-state index contributed by atoms with van der Waals surface area (Å²) in [5.41, 5.74) is 43.3. The van der Waals surface area contributed by atoms with E-state index in [-0.39, 0.29) is 236 Å². The first kappa shape index (κ1) is 130. The van der Waals surface area contributed by atoms with E-state index in [0.29, 0.717) is 56.9 Å². The van der Waals surface area contributed by atoms with Gasteiger partial charge in [-0.05, 0) is 249 Å². The van der Waals surface area contributed by atoms with Gasteiger partial charge in [-0.25, -0.2) is 0 Å². The first-order valence-electron chi connectivity index (χ1n) is 51.9. The first-order valence-corrected chi connectivity index (χ1v) is 51.9. The Morgan fingerprint density at radius 3 is 1.21 bits per heavy atom. The van der Waals surface area contributed by atoms with Gasteiger partial charge in [0.15, 0.2) is 17.9 Å². The van der Waals surface area contributed by atoms with Crippen LogP contribution in [0.3, 0.4) is 0 Å². The van der Waals surface area contributed by atoms with Gasteiger partial charge >= 0.3 is 0 Å². The normalized spacial score (nSPS) is 18.8. The summed E-state index contributed by atoms with van der Waals surface area (Å²) in [7, 11) is 0. The fraction of sp³-hybridized carbons (Fsp3) is 0.717. The highest BCUT2D eigenvalue weighted by atomic mass is 16.2. The Hall–Kier alpha value is -12.4. The second kappa shape index (κ2) is 71.2. The number of benzene rings is 1. The lowest BCUT2D eigenvalue weighted by Crippen LogP contribution is -2.65. The van der Waals surface area contributed by atoms with Gasteiger partial charge in [-0.15, -0.1) is 0 Å². The van der Waals surface area contributed by atoms with Crippen molar-refractivity contribution in [2.24, 2.45) is 69.5 Å². The summed E-state index contributed by atoms with van der Waals surface area (Å²) in [5.74, 6) is -15.8. The predicted octanol–water partition coefficient (Wildman–Crippen LogP) is -1.51. The molecule has 0 radical (unpaired) electrons. The van der Waals surface area contributed by atoms with Gasteiger partial charge in [0.25, 0.3) is 0 Å². The van der Waals surface area contributed by atoms with Crippen LogP contribution in [0.1, 0.15) is 288 Å². The number of nitrogens with two attached hydrogens (primary N) is 8. The van der Waals surface area contributed by atoms with Crippen LogP contribution in [0.4, 0.5) is 0 Å². The van der Waals surface area contributed by atoms with Gasteiger partial charge in [-0.2, -0.15) is 0 Å². The van der Waals surface area contributed by atoms with Gasteiger partial charge in [0.2, 0.25) is 100 Å². The molecule has 1 aliphatic heterocycles. The molecule has 146 heavy (non-hydrogen) atoms. The van der Waals surface area contributed by atoms with E-state index in [0.717, 1.165) is 0 Å². The van der Waals surface area contributed by atoms with Crippen molar-refractivity contribution in [3.05, 3.63) is 48.0 Å². The predicted molar refractivity (Wildman–Crippen MR) is 559 cm³/mol. The average molecular weight is 2060 g/mol. The molecular formula is C99H178N30O17. The molecule has 0 aromatic heterocycles. The zero-order valence-corrected chi connectivity index (χ0v) is 88.2. The highest BCUT2D eigenvalue weighted by molar-refractivity contribution is 6.02. The molecule has 0 aliphatic carbocycles. The van der Waals surface area contributed by atoms with Gasteiger partial charge < -0.3 is 147 Å². The Labute approximate surface area is 861 Å². The molecule has 0 saturated heterocycles. The number of rotatable bonds is 65. The largest absolute Gasteiger partial charge is 0.370 e. The van der Waals surface area contributed by atoms with Crippen molar-refractivity contribution in [3.8, 4) is 0 Å². The lowest BCUT2D eigenvalue weighted by molar-refractivity contribution is -0.139. The number of carbonyl (C=O) groups is 17. The first-order chi connectivity index (χ1) is 69.1. The summed E-state index contributed by atoms with van der Waals surface area (Å²) < 4.78 is 0. The van der Waals surface area contributed by atoms with Crippen molar-refractivity contribution in [1.82, 2.24) is 101 Å². The molecule has 15 atom stereocenters. The quantitative estimate of drug-likeness (QED) is 0.0153. The number of guanidine groups is 3. The molecule has 0 spiro atoms. The molecule has 1 aromatic rings. The topological polar surface area (TPSA) is 798 Å². The van der Waals surface area contributed by atoms with Crippen LogP contribution in [0, 0.1) is 39.9 Å². The maximum Gasteiger partial charge on any atom is 0.246 e. The molecule has 826 valence electrons. The van der Waals surface area contributed by atoms with Crippen LogP contribution in [0.2, 0.25) is 0 Å².